The van der Waals surface area contributed by atoms with Gasteiger partial charge in [0.15, 0.2) is 0 Å². The van der Waals surface area contributed by atoms with E-state index in [0.29, 0.717) is 12.1 Å². The average Bonchev–Trinajstić information content (AvgIpc) is 2.21. The van der Waals surface area contributed by atoms with Crippen LogP contribution >= 0.6 is 0 Å². The fourth-order valence-electron chi connectivity index (χ4n) is 1.95. The van der Waals surface area contributed by atoms with Gasteiger partial charge in [0, 0.05) is 24.7 Å². The molecule has 3 heteroatoms. The van der Waals surface area contributed by atoms with Gasteiger partial charge in [0.25, 0.3) is 0 Å². The van der Waals surface area contributed by atoms with Gasteiger partial charge in [-0.2, -0.15) is 0 Å². The zero-order valence-electron chi connectivity index (χ0n) is 10.4. The highest BCUT2D eigenvalue weighted by Gasteiger charge is 2.31. The van der Waals surface area contributed by atoms with E-state index in [4.69, 9.17) is 10.5 Å². The molecule has 1 aliphatic rings. The molecule has 0 bridgehead atoms. The lowest BCUT2D eigenvalue weighted by Gasteiger charge is -2.38. The van der Waals surface area contributed by atoms with E-state index in [0.717, 1.165) is 38.8 Å². The molecule has 0 aliphatic heterocycles. The van der Waals surface area contributed by atoms with Crippen molar-refractivity contribution in [2.24, 2.45) is 5.73 Å². The Bertz CT molecular complexity index is 174. The van der Waals surface area contributed by atoms with Gasteiger partial charge in [0.05, 0.1) is 6.10 Å². The lowest BCUT2D eigenvalue weighted by Crippen LogP contribution is -2.54. The van der Waals surface area contributed by atoms with E-state index in [1.807, 2.05) is 0 Å². The fraction of sp³-hybridized carbons (Fsp3) is 1.00. The Morgan fingerprint density at radius 3 is 2.33 bits per heavy atom. The minimum Gasteiger partial charge on any atom is -0.378 e. The minimum absolute atomic E-state index is 0.0172. The third-order valence-electron chi connectivity index (χ3n) is 3.65. The molecule has 90 valence electrons. The summed E-state index contributed by atoms with van der Waals surface area (Å²) in [5, 5.41) is 3.54. The van der Waals surface area contributed by atoms with E-state index in [-0.39, 0.29) is 5.54 Å². The van der Waals surface area contributed by atoms with Gasteiger partial charge in [0.1, 0.15) is 0 Å². The van der Waals surface area contributed by atoms with Crippen molar-refractivity contribution in [3.8, 4) is 0 Å². The van der Waals surface area contributed by atoms with Crippen molar-refractivity contribution in [2.45, 2.75) is 64.1 Å². The Morgan fingerprint density at radius 2 is 1.87 bits per heavy atom. The van der Waals surface area contributed by atoms with Crippen LogP contribution in [-0.2, 0) is 4.74 Å². The first-order valence-corrected chi connectivity index (χ1v) is 6.27. The summed E-state index contributed by atoms with van der Waals surface area (Å²) in [6.45, 7) is 8.15. The summed E-state index contributed by atoms with van der Waals surface area (Å²) in [5.74, 6) is 0. The van der Waals surface area contributed by atoms with Crippen molar-refractivity contribution in [3.63, 3.8) is 0 Å². The Morgan fingerprint density at radius 1 is 1.27 bits per heavy atom. The highest BCUT2D eigenvalue weighted by atomic mass is 16.5. The normalized spacial score (nSPS) is 26.4. The van der Waals surface area contributed by atoms with Gasteiger partial charge in [-0.3, -0.25) is 0 Å². The molecule has 0 atom stereocenters. The zero-order valence-corrected chi connectivity index (χ0v) is 10.4. The Labute approximate surface area is 93.8 Å². The summed E-state index contributed by atoms with van der Waals surface area (Å²) < 4.78 is 5.52. The molecule has 0 unspecified atom stereocenters. The molecule has 1 rings (SSSR count). The van der Waals surface area contributed by atoms with Crippen LogP contribution in [0.5, 0.6) is 0 Å². The number of hydrogen-bond acceptors (Lipinski definition) is 3. The van der Waals surface area contributed by atoms with Crippen molar-refractivity contribution in [1.29, 1.82) is 0 Å². The Kier molecular flexibility index (Phi) is 5.03. The molecule has 0 amide bonds. The first-order valence-electron chi connectivity index (χ1n) is 6.27. The third-order valence-corrected chi connectivity index (χ3v) is 3.65. The van der Waals surface area contributed by atoms with Crippen molar-refractivity contribution in [3.05, 3.63) is 0 Å². The standard InChI is InChI=1S/C12H26N2O/c1-4-12(13,5-2)9-14-10-7-11(8-10)15-6-3/h10-11,14H,4-9,13H2,1-3H3. The van der Waals surface area contributed by atoms with Gasteiger partial charge in [-0.15, -0.1) is 0 Å². The van der Waals surface area contributed by atoms with Crippen molar-refractivity contribution in [1.82, 2.24) is 5.32 Å². The smallest absolute Gasteiger partial charge is 0.0604 e. The molecule has 0 aromatic heterocycles. The van der Waals surface area contributed by atoms with Crippen molar-refractivity contribution >= 4 is 0 Å². The number of nitrogens with two attached hydrogens (primary N) is 1. The molecule has 0 spiro atoms. The fourth-order valence-corrected chi connectivity index (χ4v) is 1.95. The van der Waals surface area contributed by atoms with Gasteiger partial charge < -0.3 is 15.8 Å². The molecule has 1 aliphatic carbocycles. The molecular formula is C12H26N2O. The van der Waals surface area contributed by atoms with E-state index in [9.17, 15) is 0 Å². The lowest BCUT2D eigenvalue weighted by atomic mass is 9.87. The van der Waals surface area contributed by atoms with Crippen LogP contribution in [0.3, 0.4) is 0 Å². The maximum absolute atomic E-state index is 6.22. The predicted molar refractivity (Wildman–Crippen MR) is 63.9 cm³/mol. The molecule has 3 nitrogen and oxygen atoms in total. The van der Waals surface area contributed by atoms with Gasteiger partial charge in [-0.05, 0) is 32.6 Å². The van der Waals surface area contributed by atoms with E-state index in [2.05, 4.69) is 26.1 Å². The van der Waals surface area contributed by atoms with Crippen LogP contribution in [0.15, 0.2) is 0 Å². The third kappa shape index (κ3) is 3.74. The summed E-state index contributed by atoms with van der Waals surface area (Å²) in [5.41, 5.74) is 6.21. The van der Waals surface area contributed by atoms with Gasteiger partial charge in [-0.25, -0.2) is 0 Å². The van der Waals surface area contributed by atoms with Crippen LogP contribution in [0, 0.1) is 0 Å². The summed E-state index contributed by atoms with van der Waals surface area (Å²) in [6.07, 6.45) is 4.87. The molecule has 0 radical (unpaired) electrons. The highest BCUT2D eigenvalue weighted by molar-refractivity contribution is 4.90. The SMILES string of the molecule is CCOC1CC(NCC(N)(CC)CC)C1. The number of ether oxygens (including phenoxy) is 1. The molecule has 0 aromatic carbocycles. The van der Waals surface area contributed by atoms with Gasteiger partial charge in [-0.1, -0.05) is 13.8 Å². The molecule has 0 aromatic rings. The second-order valence-corrected chi connectivity index (χ2v) is 4.70. The highest BCUT2D eigenvalue weighted by Crippen LogP contribution is 2.23. The molecule has 1 saturated carbocycles. The van der Waals surface area contributed by atoms with Crippen LogP contribution in [0.25, 0.3) is 0 Å². The second kappa shape index (κ2) is 5.83. The Hall–Kier alpha value is -0.120. The average molecular weight is 214 g/mol. The molecular weight excluding hydrogens is 188 g/mol. The Balaban J connectivity index is 2.12. The minimum atomic E-state index is -0.0172. The van der Waals surface area contributed by atoms with Gasteiger partial charge in [0.2, 0.25) is 0 Å². The largest absolute Gasteiger partial charge is 0.378 e. The molecule has 0 saturated heterocycles. The first kappa shape index (κ1) is 12.9. The van der Waals surface area contributed by atoms with Crippen LogP contribution in [0.2, 0.25) is 0 Å². The maximum atomic E-state index is 6.22. The molecule has 0 heterocycles. The number of nitrogens with one attached hydrogen (secondary N) is 1. The van der Waals surface area contributed by atoms with Crippen LogP contribution in [0.1, 0.15) is 46.5 Å². The molecule has 15 heavy (non-hydrogen) atoms. The van der Waals surface area contributed by atoms with Crippen LogP contribution in [0.4, 0.5) is 0 Å². The van der Waals surface area contributed by atoms with Crippen LogP contribution < -0.4 is 11.1 Å². The maximum Gasteiger partial charge on any atom is 0.0604 e. The topological polar surface area (TPSA) is 47.3 Å². The van der Waals surface area contributed by atoms with E-state index >= 15 is 0 Å². The predicted octanol–water partition coefficient (Wildman–Crippen LogP) is 1.66. The lowest BCUT2D eigenvalue weighted by molar-refractivity contribution is -0.0110. The molecule has 1 fully saturated rings. The summed E-state index contributed by atoms with van der Waals surface area (Å²) in [4.78, 5) is 0. The molecule has 3 N–H and O–H groups in total. The van der Waals surface area contributed by atoms with Gasteiger partial charge >= 0.3 is 0 Å². The zero-order chi connectivity index (χ0) is 11.3. The van der Waals surface area contributed by atoms with Crippen molar-refractivity contribution in [2.75, 3.05) is 13.2 Å². The summed E-state index contributed by atoms with van der Waals surface area (Å²) >= 11 is 0. The quantitative estimate of drug-likeness (QED) is 0.677. The van der Waals surface area contributed by atoms with E-state index in [1.165, 1.54) is 0 Å². The number of rotatable bonds is 7. The van der Waals surface area contributed by atoms with E-state index < -0.39 is 0 Å². The first-order chi connectivity index (χ1) is 7.13. The van der Waals surface area contributed by atoms with E-state index in [1.54, 1.807) is 0 Å². The monoisotopic (exact) mass is 214 g/mol. The number of hydrogen-bond donors (Lipinski definition) is 2. The summed E-state index contributed by atoms with van der Waals surface area (Å²) in [7, 11) is 0. The summed E-state index contributed by atoms with van der Waals surface area (Å²) in [6, 6.07) is 0.627. The second-order valence-electron chi connectivity index (χ2n) is 4.70. The van der Waals surface area contributed by atoms with Crippen LogP contribution in [-0.4, -0.2) is 30.8 Å². The van der Waals surface area contributed by atoms with Crippen molar-refractivity contribution < 1.29 is 4.74 Å².